The standard InChI is InChI=1S/C15H20O4/c1-2-3-7-10-18-11-12-19-15(17)14(16)13-8-5-4-6-9-13/h4-6,8-9H,2-3,7,10-12H2,1H3. The van der Waals surface area contributed by atoms with E-state index in [0.717, 1.165) is 19.3 Å². The van der Waals surface area contributed by atoms with Gasteiger partial charge < -0.3 is 9.47 Å². The van der Waals surface area contributed by atoms with Crippen LogP contribution in [0.25, 0.3) is 0 Å². The van der Waals surface area contributed by atoms with Gasteiger partial charge in [0.15, 0.2) is 0 Å². The predicted molar refractivity (Wildman–Crippen MR) is 72.1 cm³/mol. The Balaban J connectivity index is 2.16. The molecule has 0 aliphatic carbocycles. The minimum absolute atomic E-state index is 0.115. The molecular formula is C15H20O4. The number of rotatable bonds is 9. The summed E-state index contributed by atoms with van der Waals surface area (Å²) in [6.45, 7) is 3.23. The fourth-order valence-corrected chi connectivity index (χ4v) is 1.52. The molecule has 0 spiro atoms. The minimum atomic E-state index is -0.830. The van der Waals surface area contributed by atoms with Crippen molar-refractivity contribution in [2.24, 2.45) is 0 Å². The first kappa shape index (κ1) is 15.4. The van der Waals surface area contributed by atoms with Crippen molar-refractivity contribution < 1.29 is 19.1 Å². The van der Waals surface area contributed by atoms with Gasteiger partial charge in [-0.05, 0) is 6.42 Å². The van der Waals surface area contributed by atoms with Crippen molar-refractivity contribution in [2.45, 2.75) is 26.2 Å². The zero-order valence-electron chi connectivity index (χ0n) is 11.3. The smallest absolute Gasteiger partial charge is 0.379 e. The highest BCUT2D eigenvalue weighted by Gasteiger charge is 2.16. The van der Waals surface area contributed by atoms with Crippen molar-refractivity contribution in [2.75, 3.05) is 19.8 Å². The molecule has 0 atom stereocenters. The summed E-state index contributed by atoms with van der Waals surface area (Å²) in [7, 11) is 0. The lowest BCUT2D eigenvalue weighted by atomic mass is 10.1. The quantitative estimate of drug-likeness (QED) is 0.298. The zero-order valence-corrected chi connectivity index (χ0v) is 11.3. The molecule has 4 nitrogen and oxygen atoms in total. The van der Waals surface area contributed by atoms with Crippen molar-refractivity contribution in [1.82, 2.24) is 0 Å². The Morgan fingerprint density at radius 3 is 2.42 bits per heavy atom. The topological polar surface area (TPSA) is 52.6 Å². The maximum atomic E-state index is 11.6. The molecule has 0 N–H and O–H groups in total. The van der Waals surface area contributed by atoms with E-state index in [2.05, 4.69) is 6.92 Å². The molecule has 0 heterocycles. The molecule has 104 valence electrons. The first-order valence-corrected chi connectivity index (χ1v) is 6.60. The Labute approximate surface area is 113 Å². The number of benzene rings is 1. The van der Waals surface area contributed by atoms with Crippen molar-refractivity contribution >= 4 is 11.8 Å². The third-order valence-electron chi connectivity index (χ3n) is 2.57. The molecular weight excluding hydrogens is 244 g/mol. The van der Waals surface area contributed by atoms with Gasteiger partial charge in [-0.15, -0.1) is 0 Å². The molecule has 0 aliphatic heterocycles. The van der Waals surface area contributed by atoms with Crippen molar-refractivity contribution in [1.29, 1.82) is 0 Å². The molecule has 4 heteroatoms. The van der Waals surface area contributed by atoms with Gasteiger partial charge in [0.05, 0.1) is 6.61 Å². The van der Waals surface area contributed by atoms with E-state index >= 15 is 0 Å². The number of carbonyl (C=O) groups is 2. The minimum Gasteiger partial charge on any atom is -0.457 e. The zero-order chi connectivity index (χ0) is 13.9. The van der Waals surface area contributed by atoms with Gasteiger partial charge in [-0.25, -0.2) is 4.79 Å². The lowest BCUT2D eigenvalue weighted by Gasteiger charge is -2.05. The number of unbranched alkanes of at least 4 members (excludes halogenated alkanes) is 2. The molecule has 0 radical (unpaired) electrons. The lowest BCUT2D eigenvalue weighted by Crippen LogP contribution is -2.20. The summed E-state index contributed by atoms with van der Waals surface area (Å²) < 4.78 is 10.1. The lowest BCUT2D eigenvalue weighted by molar-refractivity contribution is -0.139. The molecule has 0 unspecified atom stereocenters. The normalized spacial score (nSPS) is 10.2. The Morgan fingerprint density at radius 2 is 1.74 bits per heavy atom. The van der Waals surface area contributed by atoms with E-state index in [1.807, 2.05) is 0 Å². The highest BCUT2D eigenvalue weighted by molar-refractivity contribution is 6.40. The van der Waals surface area contributed by atoms with Crippen molar-refractivity contribution in [3.05, 3.63) is 35.9 Å². The molecule has 0 aliphatic rings. The van der Waals surface area contributed by atoms with E-state index in [1.54, 1.807) is 30.3 Å². The summed E-state index contributed by atoms with van der Waals surface area (Å²) in [6.07, 6.45) is 3.28. The van der Waals surface area contributed by atoms with Crippen LogP contribution in [0.4, 0.5) is 0 Å². The van der Waals surface area contributed by atoms with Crippen LogP contribution in [-0.4, -0.2) is 31.6 Å². The van der Waals surface area contributed by atoms with Crippen molar-refractivity contribution in [3.63, 3.8) is 0 Å². The SMILES string of the molecule is CCCCCOCCOC(=O)C(=O)c1ccccc1. The number of Topliss-reactive ketones (excluding diaryl/α,β-unsaturated/α-hetero) is 1. The van der Waals surface area contributed by atoms with Gasteiger partial charge in [0.1, 0.15) is 6.61 Å². The van der Waals surface area contributed by atoms with Gasteiger partial charge in [0.2, 0.25) is 0 Å². The van der Waals surface area contributed by atoms with Crippen LogP contribution in [0, 0.1) is 0 Å². The number of hydrogen-bond acceptors (Lipinski definition) is 4. The fourth-order valence-electron chi connectivity index (χ4n) is 1.52. The van der Waals surface area contributed by atoms with Crippen LogP contribution in [0.5, 0.6) is 0 Å². The highest BCUT2D eigenvalue weighted by atomic mass is 16.6. The third kappa shape index (κ3) is 6.15. The second-order valence-electron chi connectivity index (χ2n) is 4.15. The molecule has 0 bridgehead atoms. The van der Waals surface area contributed by atoms with E-state index in [4.69, 9.17) is 9.47 Å². The fraction of sp³-hybridized carbons (Fsp3) is 0.467. The van der Waals surface area contributed by atoms with Crippen LogP contribution >= 0.6 is 0 Å². The van der Waals surface area contributed by atoms with Crippen LogP contribution in [0.3, 0.4) is 0 Å². The summed E-state index contributed by atoms with van der Waals surface area (Å²) in [6, 6.07) is 8.37. The monoisotopic (exact) mass is 264 g/mol. The second kappa shape index (κ2) is 9.28. The van der Waals surface area contributed by atoms with Gasteiger partial charge in [-0.3, -0.25) is 4.79 Å². The van der Waals surface area contributed by atoms with Crippen LogP contribution in [0.2, 0.25) is 0 Å². The molecule has 19 heavy (non-hydrogen) atoms. The Hall–Kier alpha value is -1.68. The summed E-state index contributed by atoms with van der Waals surface area (Å²) in [5.74, 6) is -1.45. The molecule has 0 saturated heterocycles. The number of carbonyl (C=O) groups excluding carboxylic acids is 2. The van der Waals surface area contributed by atoms with Crippen LogP contribution in [0.1, 0.15) is 36.5 Å². The largest absolute Gasteiger partial charge is 0.457 e. The summed E-state index contributed by atoms with van der Waals surface area (Å²) in [5, 5.41) is 0. The van der Waals surface area contributed by atoms with Crippen LogP contribution in [0.15, 0.2) is 30.3 Å². The molecule has 0 amide bonds. The molecule has 1 aromatic rings. The first-order valence-electron chi connectivity index (χ1n) is 6.60. The van der Waals surface area contributed by atoms with Gasteiger partial charge in [-0.2, -0.15) is 0 Å². The highest BCUT2D eigenvalue weighted by Crippen LogP contribution is 2.01. The molecule has 1 aromatic carbocycles. The van der Waals surface area contributed by atoms with Crippen LogP contribution in [-0.2, 0) is 14.3 Å². The van der Waals surface area contributed by atoms with Gasteiger partial charge in [-0.1, -0.05) is 50.1 Å². The van der Waals surface area contributed by atoms with E-state index < -0.39 is 11.8 Å². The predicted octanol–water partition coefficient (Wildman–Crippen LogP) is 2.62. The Morgan fingerprint density at radius 1 is 1.00 bits per heavy atom. The number of ketones is 1. The average molecular weight is 264 g/mol. The second-order valence-corrected chi connectivity index (χ2v) is 4.15. The maximum absolute atomic E-state index is 11.6. The Bertz CT molecular complexity index is 386. The summed E-state index contributed by atoms with van der Waals surface area (Å²) in [4.78, 5) is 23.1. The average Bonchev–Trinajstić information content (AvgIpc) is 2.46. The van der Waals surface area contributed by atoms with Crippen molar-refractivity contribution in [3.8, 4) is 0 Å². The molecule has 0 aromatic heterocycles. The summed E-state index contributed by atoms with van der Waals surface area (Å²) in [5.41, 5.74) is 0.344. The molecule has 0 saturated carbocycles. The van der Waals surface area contributed by atoms with Crippen LogP contribution < -0.4 is 0 Å². The van der Waals surface area contributed by atoms with E-state index in [1.165, 1.54) is 0 Å². The van der Waals surface area contributed by atoms with E-state index in [9.17, 15) is 9.59 Å². The van der Waals surface area contributed by atoms with Gasteiger partial charge in [0.25, 0.3) is 5.78 Å². The third-order valence-corrected chi connectivity index (χ3v) is 2.57. The number of esters is 1. The Kier molecular flexibility index (Phi) is 7.51. The van der Waals surface area contributed by atoms with E-state index in [0.29, 0.717) is 18.8 Å². The van der Waals surface area contributed by atoms with Gasteiger partial charge >= 0.3 is 5.97 Å². The first-order chi connectivity index (χ1) is 9.25. The molecule has 1 rings (SSSR count). The molecule has 0 fully saturated rings. The number of hydrogen-bond donors (Lipinski definition) is 0. The maximum Gasteiger partial charge on any atom is 0.379 e. The van der Waals surface area contributed by atoms with Gasteiger partial charge in [0, 0.05) is 12.2 Å². The van der Waals surface area contributed by atoms with E-state index in [-0.39, 0.29) is 6.61 Å². The summed E-state index contributed by atoms with van der Waals surface area (Å²) >= 11 is 0. The number of ether oxygens (including phenoxy) is 2.